The largest absolute Gasteiger partial charge is 0.373 e. The molecule has 1 heterocycles. The van der Waals surface area contributed by atoms with Crippen molar-refractivity contribution in [2.45, 2.75) is 36.8 Å². The number of aliphatic imine (C=N–C) groups is 1. The lowest BCUT2D eigenvalue weighted by atomic mass is 10.0. The fraction of sp³-hybridized carbons (Fsp3) is 0.562. The molecule has 1 aromatic carbocycles. The van der Waals surface area contributed by atoms with E-state index in [9.17, 15) is 8.42 Å². The van der Waals surface area contributed by atoms with Crippen LogP contribution in [0.2, 0.25) is 0 Å². The molecule has 1 aliphatic rings. The van der Waals surface area contributed by atoms with Crippen LogP contribution in [0.4, 0.5) is 0 Å². The van der Waals surface area contributed by atoms with Crippen LogP contribution < -0.4 is 10.6 Å². The third-order valence-electron chi connectivity index (χ3n) is 3.97. The first-order valence-electron chi connectivity index (χ1n) is 7.70. The molecule has 1 saturated heterocycles. The summed E-state index contributed by atoms with van der Waals surface area (Å²) in [5.41, 5.74) is 0.859. The third-order valence-corrected chi connectivity index (χ3v) is 5.09. The molecule has 1 unspecified atom stereocenters. The van der Waals surface area contributed by atoms with E-state index < -0.39 is 9.84 Å². The van der Waals surface area contributed by atoms with Gasteiger partial charge in [-0.05, 0) is 37.5 Å². The summed E-state index contributed by atoms with van der Waals surface area (Å²) >= 11 is 0. The van der Waals surface area contributed by atoms with Gasteiger partial charge in [0.2, 0.25) is 0 Å². The van der Waals surface area contributed by atoms with Crippen molar-refractivity contribution >= 4 is 15.8 Å². The molecule has 0 saturated carbocycles. The van der Waals surface area contributed by atoms with Gasteiger partial charge in [0.1, 0.15) is 0 Å². The Morgan fingerprint density at radius 3 is 2.52 bits per heavy atom. The molecule has 128 valence electrons. The smallest absolute Gasteiger partial charge is 0.191 e. The first-order valence-corrected chi connectivity index (χ1v) is 9.59. The van der Waals surface area contributed by atoms with Gasteiger partial charge in [-0.3, -0.25) is 4.99 Å². The quantitative estimate of drug-likeness (QED) is 0.625. The monoisotopic (exact) mass is 339 g/mol. The second kappa shape index (κ2) is 7.31. The van der Waals surface area contributed by atoms with Crippen molar-refractivity contribution in [2.75, 3.05) is 26.5 Å². The standard InChI is InChI=1S/C16H25N3O3S/c1-16(9-4-10-22-16)12-19-15(17-2)18-11-13-5-7-14(8-6-13)23(3,20)21/h5-8H,4,9-12H2,1-3H3,(H2,17,18,19). The van der Waals surface area contributed by atoms with Gasteiger partial charge in [-0.1, -0.05) is 12.1 Å². The molecule has 7 heteroatoms. The second-order valence-electron chi connectivity index (χ2n) is 6.10. The van der Waals surface area contributed by atoms with Crippen LogP contribution >= 0.6 is 0 Å². The first-order chi connectivity index (χ1) is 10.8. The minimum absolute atomic E-state index is 0.130. The van der Waals surface area contributed by atoms with Crippen LogP contribution in [0.3, 0.4) is 0 Å². The topological polar surface area (TPSA) is 79.8 Å². The van der Waals surface area contributed by atoms with E-state index in [0.29, 0.717) is 23.9 Å². The van der Waals surface area contributed by atoms with Gasteiger partial charge in [-0.15, -0.1) is 0 Å². The number of rotatable bonds is 5. The van der Waals surface area contributed by atoms with Gasteiger partial charge < -0.3 is 15.4 Å². The number of hydrogen-bond donors (Lipinski definition) is 2. The molecular weight excluding hydrogens is 314 g/mol. The van der Waals surface area contributed by atoms with E-state index in [1.807, 2.05) is 0 Å². The highest BCUT2D eigenvalue weighted by Crippen LogP contribution is 2.23. The van der Waals surface area contributed by atoms with Gasteiger partial charge in [0, 0.05) is 33.0 Å². The molecule has 1 fully saturated rings. The summed E-state index contributed by atoms with van der Waals surface area (Å²) in [6, 6.07) is 6.85. The van der Waals surface area contributed by atoms with Gasteiger partial charge in [-0.2, -0.15) is 0 Å². The van der Waals surface area contributed by atoms with E-state index in [0.717, 1.165) is 25.0 Å². The molecule has 0 amide bonds. The Bertz CT molecular complexity index is 648. The van der Waals surface area contributed by atoms with Gasteiger partial charge in [0.25, 0.3) is 0 Å². The second-order valence-corrected chi connectivity index (χ2v) is 8.11. The zero-order chi connectivity index (χ0) is 16.9. The summed E-state index contributed by atoms with van der Waals surface area (Å²) in [7, 11) is -1.43. The minimum atomic E-state index is -3.15. The molecule has 0 aliphatic carbocycles. The molecule has 1 atom stereocenters. The lowest BCUT2D eigenvalue weighted by Crippen LogP contribution is -2.45. The Hall–Kier alpha value is -1.60. The maximum absolute atomic E-state index is 11.4. The first kappa shape index (κ1) is 17.7. The van der Waals surface area contributed by atoms with Crippen LogP contribution in [0.15, 0.2) is 34.2 Å². The molecule has 0 radical (unpaired) electrons. The average Bonchev–Trinajstić information content (AvgIpc) is 2.94. The summed E-state index contributed by atoms with van der Waals surface area (Å²) in [6.07, 6.45) is 3.35. The Balaban J connectivity index is 1.85. The fourth-order valence-electron chi connectivity index (χ4n) is 2.51. The zero-order valence-corrected chi connectivity index (χ0v) is 14.7. The Morgan fingerprint density at radius 2 is 2.00 bits per heavy atom. The summed E-state index contributed by atoms with van der Waals surface area (Å²) in [4.78, 5) is 4.52. The van der Waals surface area contributed by atoms with Crippen molar-refractivity contribution in [2.24, 2.45) is 4.99 Å². The van der Waals surface area contributed by atoms with Crippen LogP contribution in [-0.2, 0) is 21.1 Å². The predicted molar refractivity (Wildman–Crippen MR) is 91.3 cm³/mol. The van der Waals surface area contributed by atoms with Crippen LogP contribution in [0, 0.1) is 0 Å². The molecule has 1 aromatic rings. The van der Waals surface area contributed by atoms with Crippen LogP contribution in [0.5, 0.6) is 0 Å². The number of benzene rings is 1. The lowest BCUT2D eigenvalue weighted by Gasteiger charge is -2.24. The van der Waals surface area contributed by atoms with Crippen LogP contribution in [0.25, 0.3) is 0 Å². The highest BCUT2D eigenvalue weighted by Gasteiger charge is 2.29. The Kier molecular flexibility index (Phi) is 5.64. The van der Waals surface area contributed by atoms with E-state index in [-0.39, 0.29) is 5.60 Å². The number of nitrogens with zero attached hydrogens (tertiary/aromatic N) is 1. The minimum Gasteiger partial charge on any atom is -0.373 e. The number of hydrogen-bond acceptors (Lipinski definition) is 4. The van der Waals surface area contributed by atoms with Crippen molar-refractivity contribution in [3.63, 3.8) is 0 Å². The predicted octanol–water partition coefficient (Wildman–Crippen LogP) is 1.32. The molecule has 0 aromatic heterocycles. The van der Waals surface area contributed by atoms with Crippen LogP contribution in [0.1, 0.15) is 25.3 Å². The maximum Gasteiger partial charge on any atom is 0.191 e. The van der Waals surface area contributed by atoms with E-state index in [4.69, 9.17) is 4.74 Å². The zero-order valence-electron chi connectivity index (χ0n) is 13.9. The van der Waals surface area contributed by atoms with Crippen molar-refractivity contribution in [1.82, 2.24) is 10.6 Å². The molecule has 1 aliphatic heterocycles. The van der Waals surface area contributed by atoms with Crippen molar-refractivity contribution in [3.8, 4) is 0 Å². The van der Waals surface area contributed by atoms with Gasteiger partial charge >= 0.3 is 0 Å². The number of sulfone groups is 1. The lowest BCUT2D eigenvalue weighted by molar-refractivity contribution is 0.0243. The third kappa shape index (κ3) is 5.21. The van der Waals surface area contributed by atoms with Gasteiger partial charge in [-0.25, -0.2) is 8.42 Å². The van der Waals surface area contributed by atoms with Crippen molar-refractivity contribution in [1.29, 1.82) is 0 Å². The average molecular weight is 339 g/mol. The molecule has 0 spiro atoms. The van der Waals surface area contributed by atoms with E-state index >= 15 is 0 Å². The number of guanidine groups is 1. The van der Waals surface area contributed by atoms with Gasteiger partial charge in [0.15, 0.2) is 15.8 Å². The maximum atomic E-state index is 11.4. The molecule has 23 heavy (non-hydrogen) atoms. The van der Waals surface area contributed by atoms with Crippen molar-refractivity contribution < 1.29 is 13.2 Å². The van der Waals surface area contributed by atoms with E-state index in [1.165, 1.54) is 6.26 Å². The molecule has 0 bridgehead atoms. The molecule has 2 N–H and O–H groups in total. The number of ether oxygens (including phenoxy) is 1. The highest BCUT2D eigenvalue weighted by molar-refractivity contribution is 7.90. The summed E-state index contributed by atoms with van der Waals surface area (Å²) in [6.45, 7) is 4.20. The fourth-order valence-corrected chi connectivity index (χ4v) is 3.14. The summed E-state index contributed by atoms with van der Waals surface area (Å²) < 4.78 is 28.6. The number of nitrogens with one attached hydrogen (secondary N) is 2. The Labute approximate surface area is 138 Å². The molecule has 2 rings (SSSR count). The molecular formula is C16H25N3O3S. The SMILES string of the molecule is CN=C(NCc1ccc(S(C)(=O)=O)cc1)NCC1(C)CCCO1. The van der Waals surface area contributed by atoms with Gasteiger partial charge in [0.05, 0.1) is 10.5 Å². The van der Waals surface area contributed by atoms with Crippen LogP contribution in [-0.4, -0.2) is 46.4 Å². The van der Waals surface area contributed by atoms with E-state index in [2.05, 4.69) is 22.5 Å². The van der Waals surface area contributed by atoms with Crippen molar-refractivity contribution in [3.05, 3.63) is 29.8 Å². The molecule has 6 nitrogen and oxygen atoms in total. The summed E-state index contributed by atoms with van der Waals surface area (Å²) in [5, 5.41) is 6.49. The normalized spacial score (nSPS) is 22.1. The van der Waals surface area contributed by atoms with E-state index in [1.54, 1.807) is 31.3 Å². The Morgan fingerprint density at radius 1 is 1.30 bits per heavy atom. The summed E-state index contributed by atoms with van der Waals surface area (Å²) in [5.74, 6) is 0.703. The highest BCUT2D eigenvalue weighted by atomic mass is 32.2.